The van der Waals surface area contributed by atoms with Gasteiger partial charge in [0.05, 0.1) is 0 Å². The van der Waals surface area contributed by atoms with Crippen molar-refractivity contribution in [2.24, 2.45) is 5.73 Å². The number of nitrogens with two attached hydrogens (primary N) is 1. The minimum atomic E-state index is -0.902. The van der Waals surface area contributed by atoms with E-state index in [0.29, 0.717) is 5.75 Å². The van der Waals surface area contributed by atoms with E-state index < -0.39 is 17.1 Å². The number of hydrogen-bond donors (Lipinski definition) is 2. The first-order valence-corrected chi connectivity index (χ1v) is 5.84. The first kappa shape index (κ1) is 12.6. The van der Waals surface area contributed by atoms with Crippen LogP contribution in [-0.4, -0.2) is 22.7 Å². The summed E-state index contributed by atoms with van der Waals surface area (Å²) in [6, 6.07) is 8.93. The Hall–Kier alpha value is -1.49. The highest BCUT2D eigenvalue weighted by molar-refractivity contribution is 8.00. The molecule has 4 nitrogen and oxygen atoms in total. The van der Waals surface area contributed by atoms with Gasteiger partial charge in [0.25, 0.3) is 0 Å². The average molecular weight is 239 g/mol. The molecule has 0 aromatic heterocycles. The van der Waals surface area contributed by atoms with Crippen LogP contribution in [0.4, 0.5) is 0 Å². The van der Waals surface area contributed by atoms with Gasteiger partial charge in [0.15, 0.2) is 0 Å². The molecule has 1 rings (SSSR count). The summed E-state index contributed by atoms with van der Waals surface area (Å²) in [4.78, 5) is 21.6. The molecule has 0 aliphatic heterocycles. The normalized spacial score (nSPS) is 12.0. The Bertz CT molecular complexity index is 367. The van der Waals surface area contributed by atoms with Gasteiger partial charge in [-0.15, -0.1) is 11.8 Å². The van der Waals surface area contributed by atoms with E-state index in [-0.39, 0.29) is 6.42 Å². The molecule has 0 bridgehead atoms. The Morgan fingerprint density at radius 2 is 1.94 bits per heavy atom. The van der Waals surface area contributed by atoms with Crippen molar-refractivity contribution < 1.29 is 14.7 Å². The molecule has 0 aliphatic carbocycles. The van der Waals surface area contributed by atoms with Crippen molar-refractivity contribution in [3.63, 3.8) is 0 Å². The summed E-state index contributed by atoms with van der Waals surface area (Å²) in [6.07, 6.45) is 0.196. The SMILES string of the molecule is NC(=O)CCSC(C(=O)O)c1ccccc1. The summed E-state index contributed by atoms with van der Waals surface area (Å²) in [5, 5.41) is 8.42. The number of rotatable bonds is 6. The van der Waals surface area contributed by atoms with Gasteiger partial charge in [0.2, 0.25) is 5.91 Å². The van der Waals surface area contributed by atoms with Gasteiger partial charge >= 0.3 is 5.97 Å². The molecular weight excluding hydrogens is 226 g/mol. The predicted molar refractivity (Wildman–Crippen MR) is 63.1 cm³/mol. The van der Waals surface area contributed by atoms with E-state index in [4.69, 9.17) is 10.8 Å². The van der Waals surface area contributed by atoms with E-state index in [9.17, 15) is 9.59 Å². The highest BCUT2D eigenvalue weighted by Gasteiger charge is 2.19. The van der Waals surface area contributed by atoms with Gasteiger partial charge in [-0.25, -0.2) is 0 Å². The van der Waals surface area contributed by atoms with E-state index in [1.54, 1.807) is 24.3 Å². The van der Waals surface area contributed by atoms with Crippen LogP contribution in [0.2, 0.25) is 0 Å². The fourth-order valence-corrected chi connectivity index (χ4v) is 2.26. The maximum absolute atomic E-state index is 11.0. The van der Waals surface area contributed by atoms with Crippen molar-refractivity contribution in [3.8, 4) is 0 Å². The lowest BCUT2D eigenvalue weighted by Gasteiger charge is -2.11. The van der Waals surface area contributed by atoms with Gasteiger partial charge in [-0.3, -0.25) is 9.59 Å². The van der Waals surface area contributed by atoms with E-state index >= 15 is 0 Å². The first-order chi connectivity index (χ1) is 7.61. The molecule has 0 spiro atoms. The van der Waals surface area contributed by atoms with E-state index in [2.05, 4.69) is 0 Å². The van der Waals surface area contributed by atoms with Crippen LogP contribution in [0.25, 0.3) is 0 Å². The number of carboxylic acids is 1. The molecule has 0 saturated carbocycles. The molecule has 0 saturated heterocycles. The Morgan fingerprint density at radius 1 is 1.31 bits per heavy atom. The van der Waals surface area contributed by atoms with Crippen LogP contribution < -0.4 is 5.73 Å². The quantitative estimate of drug-likeness (QED) is 0.786. The van der Waals surface area contributed by atoms with Crippen molar-refractivity contribution >= 4 is 23.6 Å². The predicted octanol–water partition coefficient (Wildman–Crippen LogP) is 1.42. The molecule has 0 aliphatic rings. The zero-order valence-electron chi connectivity index (χ0n) is 8.63. The average Bonchev–Trinajstić information content (AvgIpc) is 2.25. The third-order valence-corrected chi connectivity index (χ3v) is 3.21. The Balaban J connectivity index is 2.62. The lowest BCUT2D eigenvalue weighted by atomic mass is 10.1. The Labute approximate surface area is 97.8 Å². The lowest BCUT2D eigenvalue weighted by Crippen LogP contribution is -2.13. The Morgan fingerprint density at radius 3 is 2.44 bits per heavy atom. The third kappa shape index (κ3) is 3.94. The number of carbonyl (C=O) groups excluding carboxylic acids is 1. The minimum Gasteiger partial charge on any atom is -0.480 e. The van der Waals surface area contributed by atoms with Crippen LogP contribution in [0.1, 0.15) is 17.2 Å². The van der Waals surface area contributed by atoms with Crippen LogP contribution >= 0.6 is 11.8 Å². The molecule has 86 valence electrons. The molecule has 0 heterocycles. The summed E-state index contributed by atoms with van der Waals surface area (Å²) in [6.45, 7) is 0. The zero-order valence-corrected chi connectivity index (χ0v) is 9.44. The molecule has 5 heteroatoms. The molecule has 1 aromatic carbocycles. The van der Waals surface area contributed by atoms with Crippen LogP contribution in [-0.2, 0) is 9.59 Å². The smallest absolute Gasteiger partial charge is 0.321 e. The molecule has 1 unspecified atom stereocenters. The fourth-order valence-electron chi connectivity index (χ4n) is 1.22. The van der Waals surface area contributed by atoms with E-state index in [1.165, 1.54) is 11.8 Å². The van der Waals surface area contributed by atoms with Gasteiger partial charge in [0.1, 0.15) is 5.25 Å². The van der Waals surface area contributed by atoms with Gasteiger partial charge in [-0.1, -0.05) is 30.3 Å². The number of carbonyl (C=O) groups is 2. The molecule has 0 radical (unpaired) electrons. The number of primary amides is 1. The van der Waals surface area contributed by atoms with Crippen LogP contribution in [0.3, 0.4) is 0 Å². The second-order valence-corrected chi connectivity index (χ2v) is 4.43. The number of thioether (sulfide) groups is 1. The number of hydrogen-bond acceptors (Lipinski definition) is 3. The molecule has 1 aromatic rings. The van der Waals surface area contributed by atoms with Crippen molar-refractivity contribution in [2.75, 3.05) is 5.75 Å². The van der Waals surface area contributed by atoms with Crippen LogP contribution in [0.15, 0.2) is 30.3 Å². The van der Waals surface area contributed by atoms with E-state index in [0.717, 1.165) is 5.56 Å². The second kappa shape index (κ2) is 6.17. The first-order valence-electron chi connectivity index (χ1n) is 4.79. The minimum absolute atomic E-state index is 0.196. The number of amides is 1. The largest absolute Gasteiger partial charge is 0.480 e. The van der Waals surface area contributed by atoms with E-state index in [1.807, 2.05) is 6.07 Å². The molecule has 0 fully saturated rings. The number of carboxylic acid groups (broad SMARTS) is 1. The topological polar surface area (TPSA) is 80.4 Å². The van der Waals surface area contributed by atoms with Crippen molar-refractivity contribution in [2.45, 2.75) is 11.7 Å². The van der Waals surface area contributed by atoms with Gasteiger partial charge in [-0.2, -0.15) is 0 Å². The Kier molecular flexibility index (Phi) is 4.85. The molecule has 3 N–H and O–H groups in total. The zero-order chi connectivity index (χ0) is 12.0. The maximum atomic E-state index is 11.0. The van der Waals surface area contributed by atoms with Crippen LogP contribution in [0, 0.1) is 0 Å². The monoisotopic (exact) mass is 239 g/mol. The standard InChI is InChI=1S/C11H13NO3S/c12-9(13)6-7-16-10(11(14)15)8-4-2-1-3-5-8/h1-5,10H,6-7H2,(H2,12,13)(H,14,15). The van der Waals surface area contributed by atoms with Crippen LogP contribution in [0.5, 0.6) is 0 Å². The molecule has 1 amide bonds. The summed E-state index contributed by atoms with van der Waals surface area (Å²) in [5.41, 5.74) is 5.72. The highest BCUT2D eigenvalue weighted by atomic mass is 32.2. The third-order valence-electron chi connectivity index (χ3n) is 1.96. The lowest BCUT2D eigenvalue weighted by molar-refractivity contribution is -0.136. The maximum Gasteiger partial charge on any atom is 0.321 e. The van der Waals surface area contributed by atoms with Crippen molar-refractivity contribution in [1.82, 2.24) is 0 Å². The number of aliphatic carboxylic acids is 1. The van der Waals surface area contributed by atoms with Gasteiger partial charge < -0.3 is 10.8 Å². The summed E-state index contributed by atoms with van der Waals surface area (Å²) >= 11 is 1.21. The summed E-state index contributed by atoms with van der Waals surface area (Å²) < 4.78 is 0. The van der Waals surface area contributed by atoms with Gasteiger partial charge in [-0.05, 0) is 5.56 Å². The fraction of sp³-hybridized carbons (Fsp3) is 0.273. The van der Waals surface area contributed by atoms with Gasteiger partial charge in [0, 0.05) is 12.2 Å². The molecule has 16 heavy (non-hydrogen) atoms. The van der Waals surface area contributed by atoms with Crippen molar-refractivity contribution in [3.05, 3.63) is 35.9 Å². The molecule has 1 atom stereocenters. The molecular formula is C11H13NO3S. The summed E-state index contributed by atoms with van der Waals surface area (Å²) in [7, 11) is 0. The summed E-state index contributed by atoms with van der Waals surface area (Å²) in [5.74, 6) is -0.897. The van der Waals surface area contributed by atoms with Crippen molar-refractivity contribution in [1.29, 1.82) is 0 Å². The second-order valence-electron chi connectivity index (χ2n) is 3.22. The highest BCUT2D eigenvalue weighted by Crippen LogP contribution is 2.29. The number of benzene rings is 1.